The van der Waals surface area contributed by atoms with Crippen LogP contribution in [0.15, 0.2) is 44.7 Å². The molecule has 2 aromatic rings. The second-order valence-electron chi connectivity index (χ2n) is 6.63. The number of amides is 1. The molecule has 3 N–H and O–H groups in total. The van der Waals surface area contributed by atoms with Gasteiger partial charge in [-0.2, -0.15) is 5.26 Å². The number of halogens is 2. The summed E-state index contributed by atoms with van der Waals surface area (Å²) < 4.78 is 1.93. The second kappa shape index (κ2) is 9.14. The van der Waals surface area contributed by atoms with Gasteiger partial charge in [0.05, 0.1) is 6.07 Å². The van der Waals surface area contributed by atoms with E-state index in [2.05, 4.69) is 37.2 Å². The van der Waals surface area contributed by atoms with Crippen LogP contribution in [0, 0.1) is 17.2 Å². The Morgan fingerprint density at radius 1 is 1.31 bits per heavy atom. The van der Waals surface area contributed by atoms with Crippen molar-refractivity contribution in [2.75, 3.05) is 6.54 Å². The minimum absolute atomic E-state index is 0.0585. The molecule has 1 amide bonds. The van der Waals surface area contributed by atoms with Gasteiger partial charge in [-0.25, -0.2) is 0 Å². The van der Waals surface area contributed by atoms with Crippen LogP contribution in [0.4, 0.5) is 0 Å². The summed E-state index contributed by atoms with van der Waals surface area (Å²) in [7, 11) is 0. The maximum atomic E-state index is 13.0. The monoisotopic (exact) mass is 497 g/mol. The van der Waals surface area contributed by atoms with Crippen LogP contribution in [0.2, 0.25) is 0 Å². The highest BCUT2D eigenvalue weighted by Crippen LogP contribution is 2.41. The smallest absolute Gasteiger partial charge is 0.241 e. The molecule has 0 fully saturated rings. The maximum absolute atomic E-state index is 13.0. The van der Waals surface area contributed by atoms with Crippen LogP contribution in [0.5, 0.6) is 0 Å². The van der Waals surface area contributed by atoms with Gasteiger partial charge in [-0.3, -0.25) is 4.79 Å². The molecule has 0 bridgehead atoms. The average molecular weight is 499 g/mol. The molecule has 1 aromatic carbocycles. The predicted molar refractivity (Wildman–Crippen MR) is 113 cm³/mol. The molecular formula is C19H21Br2N3OS. The number of nitrogens with zero attached hydrogens (tertiary/aromatic N) is 1. The third-order valence-corrected chi connectivity index (χ3v) is 6.37. The largest absolute Gasteiger partial charge is 0.341 e. The first-order valence-corrected chi connectivity index (χ1v) is 10.7. The van der Waals surface area contributed by atoms with Crippen LogP contribution in [0.3, 0.4) is 0 Å². The highest BCUT2D eigenvalue weighted by atomic mass is 79.9. The summed E-state index contributed by atoms with van der Waals surface area (Å²) in [6.45, 7) is 4.03. The standard InChI is InChI=1S/C19H21Br2N3OS/c1-12(2)10-19(23,18(25)24-8-7-22)17(16-9-15(21)11-26-16)13-3-5-14(20)6-4-13/h3-6,9,11-12,17H,8,10,23H2,1-2H3,(H,24,25)/t17-,19-/m1/s1. The predicted octanol–water partition coefficient (Wildman–Crippen LogP) is 4.79. The van der Waals surface area contributed by atoms with Crippen molar-refractivity contribution >= 4 is 49.1 Å². The number of hydrogen-bond donors (Lipinski definition) is 2. The number of carbonyl (C=O) groups excluding carboxylic acids is 1. The molecule has 0 aliphatic heterocycles. The number of hydrogen-bond acceptors (Lipinski definition) is 4. The SMILES string of the molecule is CC(C)C[C@](N)(C(=O)NCC#N)[C@H](c1ccc(Br)cc1)c1cc(Br)cs1. The fourth-order valence-corrected chi connectivity index (χ4v) is 5.09. The summed E-state index contributed by atoms with van der Waals surface area (Å²) in [5.74, 6) is -0.396. The Morgan fingerprint density at radius 2 is 1.96 bits per heavy atom. The van der Waals surface area contributed by atoms with Gasteiger partial charge in [-0.05, 0) is 52.0 Å². The quantitative estimate of drug-likeness (QED) is 0.538. The van der Waals surface area contributed by atoms with Gasteiger partial charge in [0, 0.05) is 25.1 Å². The summed E-state index contributed by atoms with van der Waals surface area (Å²) in [6, 6.07) is 11.8. The van der Waals surface area contributed by atoms with E-state index in [0.717, 1.165) is 19.4 Å². The molecule has 0 saturated carbocycles. The van der Waals surface area contributed by atoms with Crippen molar-refractivity contribution in [1.82, 2.24) is 5.32 Å². The topological polar surface area (TPSA) is 78.9 Å². The average Bonchev–Trinajstić information content (AvgIpc) is 2.99. The molecule has 2 rings (SSSR count). The third-order valence-electron chi connectivity index (χ3n) is 4.09. The molecule has 0 aliphatic carbocycles. The number of carbonyl (C=O) groups is 1. The van der Waals surface area contributed by atoms with E-state index < -0.39 is 5.54 Å². The Labute approximate surface area is 175 Å². The number of rotatable bonds is 7. The van der Waals surface area contributed by atoms with Crippen LogP contribution in [-0.4, -0.2) is 18.0 Å². The van der Waals surface area contributed by atoms with Gasteiger partial charge < -0.3 is 11.1 Å². The van der Waals surface area contributed by atoms with Crippen molar-refractivity contribution in [3.05, 3.63) is 55.1 Å². The van der Waals surface area contributed by atoms with Crippen LogP contribution < -0.4 is 11.1 Å². The van der Waals surface area contributed by atoms with Crippen molar-refractivity contribution in [1.29, 1.82) is 5.26 Å². The lowest BCUT2D eigenvalue weighted by atomic mass is 9.73. The zero-order valence-corrected chi connectivity index (χ0v) is 18.6. The van der Waals surface area contributed by atoms with Crippen molar-refractivity contribution in [2.24, 2.45) is 11.7 Å². The molecule has 7 heteroatoms. The zero-order chi connectivity index (χ0) is 19.3. The van der Waals surface area contributed by atoms with Gasteiger partial charge in [0.2, 0.25) is 5.91 Å². The van der Waals surface area contributed by atoms with E-state index >= 15 is 0 Å². The first kappa shape index (κ1) is 21.1. The summed E-state index contributed by atoms with van der Waals surface area (Å²) in [4.78, 5) is 14.0. The van der Waals surface area contributed by atoms with Crippen LogP contribution >= 0.6 is 43.2 Å². The van der Waals surface area contributed by atoms with Gasteiger partial charge >= 0.3 is 0 Å². The Bertz CT molecular complexity index is 798. The fraction of sp³-hybridized carbons (Fsp3) is 0.368. The molecule has 0 saturated heterocycles. The highest BCUT2D eigenvalue weighted by Gasteiger charge is 2.44. The molecule has 1 heterocycles. The summed E-state index contributed by atoms with van der Waals surface area (Å²) in [6.07, 6.45) is 0.501. The lowest BCUT2D eigenvalue weighted by Crippen LogP contribution is -2.58. The molecule has 2 atom stereocenters. The number of nitrogens with two attached hydrogens (primary N) is 1. The third kappa shape index (κ3) is 4.95. The van der Waals surface area contributed by atoms with Gasteiger partial charge in [0.15, 0.2) is 0 Å². The van der Waals surface area contributed by atoms with Gasteiger partial charge in [0.1, 0.15) is 12.1 Å². The lowest BCUT2D eigenvalue weighted by Gasteiger charge is -2.37. The number of nitriles is 1. The van der Waals surface area contributed by atoms with E-state index in [1.807, 2.05) is 55.6 Å². The van der Waals surface area contributed by atoms with Crippen LogP contribution in [-0.2, 0) is 4.79 Å². The maximum Gasteiger partial charge on any atom is 0.241 e. The number of thiophene rings is 1. The molecule has 1 aromatic heterocycles. The normalized spacial score (nSPS) is 14.5. The molecule has 26 heavy (non-hydrogen) atoms. The zero-order valence-electron chi connectivity index (χ0n) is 14.6. The first-order chi connectivity index (χ1) is 12.3. The minimum atomic E-state index is -1.16. The van der Waals surface area contributed by atoms with Gasteiger partial charge in [-0.1, -0.05) is 41.9 Å². The Balaban J connectivity index is 2.59. The molecule has 0 spiro atoms. The summed E-state index contributed by atoms with van der Waals surface area (Å²) in [5.41, 5.74) is 6.60. The van der Waals surface area contributed by atoms with E-state index in [4.69, 9.17) is 11.0 Å². The van der Waals surface area contributed by atoms with Gasteiger partial charge in [-0.15, -0.1) is 11.3 Å². The van der Waals surface area contributed by atoms with E-state index in [9.17, 15) is 4.79 Å². The summed E-state index contributed by atoms with van der Waals surface area (Å²) >= 11 is 8.53. The summed E-state index contributed by atoms with van der Waals surface area (Å²) in [5, 5.41) is 13.5. The molecule has 0 aliphatic rings. The van der Waals surface area contributed by atoms with Crippen molar-refractivity contribution < 1.29 is 4.79 Å². The van der Waals surface area contributed by atoms with Crippen LogP contribution in [0.25, 0.3) is 0 Å². The molecular weight excluding hydrogens is 478 g/mol. The first-order valence-electron chi connectivity index (χ1n) is 8.21. The van der Waals surface area contributed by atoms with Crippen LogP contribution in [0.1, 0.15) is 36.6 Å². The number of benzene rings is 1. The lowest BCUT2D eigenvalue weighted by molar-refractivity contribution is -0.127. The molecule has 4 nitrogen and oxygen atoms in total. The van der Waals surface area contributed by atoms with Crippen molar-refractivity contribution in [3.63, 3.8) is 0 Å². The molecule has 0 unspecified atom stereocenters. The fourth-order valence-electron chi connectivity index (χ4n) is 3.15. The molecule has 138 valence electrons. The molecule has 0 radical (unpaired) electrons. The Hall–Kier alpha value is -1.20. The van der Waals surface area contributed by atoms with Crippen molar-refractivity contribution in [2.45, 2.75) is 31.7 Å². The number of nitrogens with one attached hydrogen (secondary N) is 1. The Morgan fingerprint density at radius 3 is 2.46 bits per heavy atom. The minimum Gasteiger partial charge on any atom is -0.341 e. The van der Waals surface area contributed by atoms with E-state index in [-0.39, 0.29) is 24.3 Å². The van der Waals surface area contributed by atoms with E-state index in [0.29, 0.717) is 6.42 Å². The van der Waals surface area contributed by atoms with E-state index in [1.165, 1.54) is 0 Å². The van der Waals surface area contributed by atoms with Gasteiger partial charge in [0.25, 0.3) is 0 Å². The second-order valence-corrected chi connectivity index (χ2v) is 9.41. The van der Waals surface area contributed by atoms with E-state index in [1.54, 1.807) is 11.3 Å². The Kier molecular flexibility index (Phi) is 7.42. The highest BCUT2D eigenvalue weighted by molar-refractivity contribution is 9.10. The van der Waals surface area contributed by atoms with Crippen molar-refractivity contribution in [3.8, 4) is 6.07 Å².